The predicted octanol–water partition coefficient (Wildman–Crippen LogP) is 2.28. The van der Waals surface area contributed by atoms with Crippen LogP contribution in [0.1, 0.15) is 18.5 Å². The van der Waals surface area contributed by atoms with Crippen LogP contribution in [0, 0.1) is 0 Å². The molecule has 0 radical (unpaired) electrons. The fourth-order valence-electron chi connectivity index (χ4n) is 3.43. The lowest BCUT2D eigenvalue weighted by molar-refractivity contribution is -0.141. The third-order valence-corrected chi connectivity index (χ3v) is 4.96. The lowest BCUT2D eigenvalue weighted by atomic mass is 10.1. The minimum absolute atomic E-state index is 0.161. The predicted molar refractivity (Wildman–Crippen MR) is 103 cm³/mol. The first kappa shape index (κ1) is 20.8. The van der Waals surface area contributed by atoms with Crippen molar-refractivity contribution in [2.45, 2.75) is 31.7 Å². The van der Waals surface area contributed by atoms with E-state index in [2.05, 4.69) is 15.0 Å². The molecule has 1 fully saturated rings. The van der Waals surface area contributed by atoms with Crippen LogP contribution in [0.25, 0.3) is 10.9 Å². The zero-order valence-electron chi connectivity index (χ0n) is 16.2. The van der Waals surface area contributed by atoms with E-state index in [0.29, 0.717) is 30.3 Å². The highest BCUT2D eigenvalue weighted by Gasteiger charge is 2.33. The number of hydrogen-bond donors (Lipinski definition) is 0. The standard InChI is InChI=1S/C20H18F3N5O3/c21-20(22,23)16-7-8-24-19(26-16)31-13-4-3-9-27(10-13)17(29)11-28-12-25-15-6-2-1-5-14(15)18(28)30/h1-2,5-8,12-13H,3-4,9-11H2. The lowest BCUT2D eigenvalue weighted by Crippen LogP contribution is -2.46. The van der Waals surface area contributed by atoms with Gasteiger partial charge in [0.15, 0.2) is 5.69 Å². The van der Waals surface area contributed by atoms with Gasteiger partial charge in [0.25, 0.3) is 5.56 Å². The summed E-state index contributed by atoms with van der Waals surface area (Å²) in [5.41, 5.74) is -0.866. The number of alkyl halides is 3. The number of nitrogens with zero attached hydrogens (tertiary/aromatic N) is 5. The van der Waals surface area contributed by atoms with E-state index in [-0.39, 0.29) is 30.6 Å². The maximum atomic E-state index is 12.8. The van der Waals surface area contributed by atoms with Gasteiger partial charge in [-0.15, -0.1) is 0 Å². The summed E-state index contributed by atoms with van der Waals surface area (Å²) < 4.78 is 45.2. The molecule has 31 heavy (non-hydrogen) atoms. The number of para-hydroxylation sites is 1. The molecule has 0 aliphatic carbocycles. The number of rotatable bonds is 4. The number of amides is 1. The zero-order valence-corrected chi connectivity index (χ0v) is 16.2. The molecular formula is C20H18F3N5O3. The van der Waals surface area contributed by atoms with Crippen molar-refractivity contribution in [1.29, 1.82) is 0 Å². The number of carbonyl (C=O) groups is 1. The molecule has 11 heteroatoms. The third-order valence-electron chi connectivity index (χ3n) is 4.96. The van der Waals surface area contributed by atoms with Gasteiger partial charge in [0.05, 0.1) is 23.8 Å². The monoisotopic (exact) mass is 433 g/mol. The number of ether oxygens (including phenoxy) is 1. The Morgan fingerprint density at radius 1 is 1.19 bits per heavy atom. The van der Waals surface area contributed by atoms with E-state index in [1.807, 2.05) is 0 Å². The molecule has 0 spiro atoms. The van der Waals surface area contributed by atoms with Crippen molar-refractivity contribution in [3.05, 3.63) is 58.9 Å². The normalized spacial score (nSPS) is 17.0. The molecule has 1 atom stereocenters. The molecule has 0 N–H and O–H groups in total. The highest BCUT2D eigenvalue weighted by atomic mass is 19.4. The number of aromatic nitrogens is 4. The second-order valence-corrected chi connectivity index (χ2v) is 7.14. The second-order valence-electron chi connectivity index (χ2n) is 7.14. The summed E-state index contributed by atoms with van der Waals surface area (Å²) in [6.45, 7) is 0.426. The first-order valence-corrected chi connectivity index (χ1v) is 9.60. The van der Waals surface area contributed by atoms with Crippen molar-refractivity contribution in [2.24, 2.45) is 0 Å². The van der Waals surface area contributed by atoms with Gasteiger partial charge in [0.2, 0.25) is 5.91 Å². The van der Waals surface area contributed by atoms with Crippen LogP contribution in [-0.4, -0.2) is 49.5 Å². The summed E-state index contributed by atoms with van der Waals surface area (Å²) in [6.07, 6.45) is -1.70. The zero-order chi connectivity index (χ0) is 22.0. The minimum atomic E-state index is -4.60. The highest BCUT2D eigenvalue weighted by Crippen LogP contribution is 2.28. The largest absolute Gasteiger partial charge is 0.458 e. The molecule has 1 unspecified atom stereocenters. The SMILES string of the molecule is O=C(Cn1cnc2ccccc2c1=O)N1CCCC(Oc2nccc(C(F)(F)F)n2)C1. The number of halogens is 3. The van der Waals surface area contributed by atoms with Crippen LogP contribution in [0.2, 0.25) is 0 Å². The molecule has 3 aromatic rings. The molecule has 4 rings (SSSR count). The van der Waals surface area contributed by atoms with Crippen molar-refractivity contribution in [2.75, 3.05) is 13.1 Å². The van der Waals surface area contributed by atoms with E-state index in [9.17, 15) is 22.8 Å². The Bertz CT molecular complexity index is 1160. The van der Waals surface area contributed by atoms with Gasteiger partial charge in [-0.25, -0.2) is 9.97 Å². The maximum Gasteiger partial charge on any atom is 0.433 e. The van der Waals surface area contributed by atoms with Crippen molar-refractivity contribution < 1.29 is 22.7 Å². The highest BCUT2D eigenvalue weighted by molar-refractivity contribution is 5.79. The van der Waals surface area contributed by atoms with Gasteiger partial charge in [-0.2, -0.15) is 18.2 Å². The molecule has 8 nitrogen and oxygen atoms in total. The molecule has 1 aliphatic rings. The van der Waals surface area contributed by atoms with E-state index >= 15 is 0 Å². The summed E-state index contributed by atoms with van der Waals surface area (Å²) in [4.78, 5) is 38.2. The number of likely N-dealkylation sites (tertiary alicyclic amines) is 1. The van der Waals surface area contributed by atoms with E-state index in [1.165, 1.54) is 15.8 Å². The van der Waals surface area contributed by atoms with E-state index in [1.54, 1.807) is 24.3 Å². The fourth-order valence-corrected chi connectivity index (χ4v) is 3.43. The topological polar surface area (TPSA) is 90.2 Å². The van der Waals surface area contributed by atoms with Crippen LogP contribution in [0.3, 0.4) is 0 Å². The molecule has 3 heterocycles. The van der Waals surface area contributed by atoms with Crippen LogP contribution in [0.15, 0.2) is 47.7 Å². The van der Waals surface area contributed by atoms with Gasteiger partial charge in [-0.1, -0.05) is 12.1 Å². The summed E-state index contributed by atoms with van der Waals surface area (Å²) in [5.74, 6) is -0.308. The van der Waals surface area contributed by atoms with Gasteiger partial charge >= 0.3 is 12.2 Å². The molecule has 2 aromatic heterocycles. The summed E-state index contributed by atoms with van der Waals surface area (Å²) in [6, 6.07) is 7.23. The molecule has 0 saturated carbocycles. The van der Waals surface area contributed by atoms with Crippen LogP contribution >= 0.6 is 0 Å². The minimum Gasteiger partial charge on any atom is -0.458 e. The van der Waals surface area contributed by atoms with Crippen molar-refractivity contribution in [3.8, 4) is 6.01 Å². The van der Waals surface area contributed by atoms with Crippen molar-refractivity contribution in [3.63, 3.8) is 0 Å². The molecule has 1 aromatic carbocycles. The van der Waals surface area contributed by atoms with Gasteiger partial charge in [0.1, 0.15) is 12.6 Å². The summed E-state index contributed by atoms with van der Waals surface area (Å²) in [5, 5.41) is 0.416. The van der Waals surface area contributed by atoms with Crippen LogP contribution < -0.4 is 10.3 Å². The average Bonchev–Trinajstić information content (AvgIpc) is 2.76. The Hall–Kier alpha value is -3.50. The molecule has 1 saturated heterocycles. The number of hydrogen-bond acceptors (Lipinski definition) is 6. The van der Waals surface area contributed by atoms with Crippen molar-refractivity contribution >= 4 is 16.8 Å². The van der Waals surface area contributed by atoms with Crippen LogP contribution in [-0.2, 0) is 17.5 Å². The van der Waals surface area contributed by atoms with Crippen LogP contribution in [0.4, 0.5) is 13.2 Å². The molecule has 0 bridgehead atoms. The van der Waals surface area contributed by atoms with Crippen molar-refractivity contribution in [1.82, 2.24) is 24.4 Å². The number of fused-ring (bicyclic) bond motifs is 1. The summed E-state index contributed by atoms with van der Waals surface area (Å²) >= 11 is 0. The quantitative estimate of drug-likeness (QED) is 0.627. The Kier molecular flexibility index (Phi) is 5.57. The average molecular weight is 433 g/mol. The fraction of sp³-hybridized carbons (Fsp3) is 0.350. The lowest BCUT2D eigenvalue weighted by Gasteiger charge is -2.32. The number of piperidine rings is 1. The second kappa shape index (κ2) is 8.32. The first-order valence-electron chi connectivity index (χ1n) is 9.60. The Morgan fingerprint density at radius 3 is 2.81 bits per heavy atom. The molecule has 1 amide bonds. The van der Waals surface area contributed by atoms with E-state index in [4.69, 9.17) is 4.74 Å². The Balaban J connectivity index is 1.43. The van der Waals surface area contributed by atoms with E-state index in [0.717, 1.165) is 12.3 Å². The van der Waals surface area contributed by atoms with E-state index < -0.39 is 18.0 Å². The van der Waals surface area contributed by atoms with Gasteiger partial charge in [0, 0.05) is 12.7 Å². The smallest absolute Gasteiger partial charge is 0.433 e. The van der Waals surface area contributed by atoms with Crippen LogP contribution in [0.5, 0.6) is 6.01 Å². The number of carbonyl (C=O) groups excluding carboxylic acids is 1. The number of benzene rings is 1. The first-order chi connectivity index (χ1) is 14.8. The molecular weight excluding hydrogens is 415 g/mol. The Labute approximate surface area is 174 Å². The van der Waals surface area contributed by atoms with Gasteiger partial charge in [-0.3, -0.25) is 14.2 Å². The molecule has 1 aliphatic heterocycles. The third kappa shape index (κ3) is 4.65. The maximum absolute atomic E-state index is 12.8. The molecule has 162 valence electrons. The van der Waals surface area contributed by atoms with Gasteiger partial charge in [-0.05, 0) is 31.0 Å². The summed E-state index contributed by atoms with van der Waals surface area (Å²) in [7, 11) is 0. The van der Waals surface area contributed by atoms with Gasteiger partial charge < -0.3 is 9.64 Å². The Morgan fingerprint density at radius 2 is 2.00 bits per heavy atom.